The standard InChI is InChI=1S/C14H21BrFN/c1-3-8-17-10-11(2)4-5-12-6-7-14(16)13(15)9-12/h6-7,9,11,17H,3-5,8,10H2,1-2H3. The summed E-state index contributed by atoms with van der Waals surface area (Å²) in [4.78, 5) is 0. The second-order valence-corrected chi connectivity index (χ2v) is 5.45. The molecule has 0 amide bonds. The molecule has 1 aromatic carbocycles. The summed E-state index contributed by atoms with van der Waals surface area (Å²) in [6, 6.07) is 5.27. The van der Waals surface area contributed by atoms with Crippen molar-refractivity contribution in [3.8, 4) is 0 Å². The van der Waals surface area contributed by atoms with E-state index in [4.69, 9.17) is 0 Å². The van der Waals surface area contributed by atoms with Crippen LogP contribution in [0.4, 0.5) is 4.39 Å². The van der Waals surface area contributed by atoms with E-state index in [1.165, 1.54) is 18.1 Å². The van der Waals surface area contributed by atoms with Crippen LogP contribution in [0.1, 0.15) is 32.3 Å². The Labute approximate surface area is 112 Å². The zero-order valence-corrected chi connectivity index (χ0v) is 12.2. The van der Waals surface area contributed by atoms with Gasteiger partial charge in [0.2, 0.25) is 0 Å². The van der Waals surface area contributed by atoms with E-state index < -0.39 is 0 Å². The third kappa shape index (κ3) is 5.64. The highest BCUT2D eigenvalue weighted by Crippen LogP contribution is 2.18. The first-order valence-electron chi connectivity index (χ1n) is 6.28. The number of hydrogen-bond acceptors (Lipinski definition) is 1. The van der Waals surface area contributed by atoms with Crippen LogP contribution in [0.5, 0.6) is 0 Å². The molecule has 0 aliphatic rings. The third-order valence-corrected chi connectivity index (χ3v) is 3.44. The van der Waals surface area contributed by atoms with Crippen LogP contribution >= 0.6 is 15.9 Å². The summed E-state index contributed by atoms with van der Waals surface area (Å²) in [6.45, 7) is 6.58. The average molecular weight is 302 g/mol. The van der Waals surface area contributed by atoms with Crippen LogP contribution in [-0.4, -0.2) is 13.1 Å². The maximum absolute atomic E-state index is 13.0. The second-order valence-electron chi connectivity index (χ2n) is 4.60. The highest BCUT2D eigenvalue weighted by Gasteiger charge is 2.04. The van der Waals surface area contributed by atoms with Crippen LogP contribution in [0.2, 0.25) is 0 Å². The molecular weight excluding hydrogens is 281 g/mol. The largest absolute Gasteiger partial charge is 0.316 e. The first-order valence-corrected chi connectivity index (χ1v) is 7.07. The molecular formula is C14H21BrFN. The van der Waals surface area contributed by atoms with Gasteiger partial charge in [-0.3, -0.25) is 0 Å². The van der Waals surface area contributed by atoms with E-state index in [1.54, 1.807) is 0 Å². The minimum absolute atomic E-state index is 0.189. The molecule has 0 saturated heterocycles. The summed E-state index contributed by atoms with van der Waals surface area (Å²) in [5.41, 5.74) is 1.20. The van der Waals surface area contributed by atoms with Gasteiger partial charge in [0.25, 0.3) is 0 Å². The smallest absolute Gasteiger partial charge is 0.137 e. The van der Waals surface area contributed by atoms with Gasteiger partial charge in [0.1, 0.15) is 5.82 Å². The van der Waals surface area contributed by atoms with Crippen molar-refractivity contribution >= 4 is 15.9 Å². The van der Waals surface area contributed by atoms with E-state index in [0.29, 0.717) is 10.4 Å². The number of rotatable bonds is 7. The van der Waals surface area contributed by atoms with Crippen LogP contribution in [0.25, 0.3) is 0 Å². The van der Waals surface area contributed by atoms with E-state index in [1.807, 2.05) is 12.1 Å². The highest BCUT2D eigenvalue weighted by atomic mass is 79.9. The Kier molecular flexibility index (Phi) is 6.75. The van der Waals surface area contributed by atoms with Gasteiger partial charge in [-0.05, 0) is 71.9 Å². The SMILES string of the molecule is CCCNCC(C)CCc1ccc(F)c(Br)c1. The molecule has 1 N–H and O–H groups in total. The Morgan fingerprint density at radius 1 is 1.41 bits per heavy atom. The molecule has 3 heteroatoms. The third-order valence-electron chi connectivity index (χ3n) is 2.83. The quantitative estimate of drug-likeness (QED) is 0.746. The van der Waals surface area contributed by atoms with E-state index in [9.17, 15) is 4.39 Å². The lowest BCUT2D eigenvalue weighted by Gasteiger charge is -2.12. The molecule has 0 bridgehead atoms. The molecule has 1 aromatic rings. The molecule has 0 fully saturated rings. The highest BCUT2D eigenvalue weighted by molar-refractivity contribution is 9.10. The lowest BCUT2D eigenvalue weighted by atomic mass is 10.0. The summed E-state index contributed by atoms with van der Waals surface area (Å²) in [7, 11) is 0. The zero-order chi connectivity index (χ0) is 12.7. The molecule has 0 aliphatic carbocycles. The molecule has 0 saturated carbocycles. The van der Waals surface area contributed by atoms with Gasteiger partial charge < -0.3 is 5.32 Å². The fraction of sp³-hybridized carbons (Fsp3) is 0.571. The Hall–Kier alpha value is -0.410. The van der Waals surface area contributed by atoms with Crippen molar-refractivity contribution in [1.29, 1.82) is 0 Å². The van der Waals surface area contributed by atoms with Crippen molar-refractivity contribution in [3.63, 3.8) is 0 Å². The number of nitrogens with one attached hydrogen (secondary N) is 1. The first-order chi connectivity index (χ1) is 8.13. The molecule has 1 unspecified atom stereocenters. The molecule has 96 valence electrons. The molecule has 1 nitrogen and oxygen atoms in total. The lowest BCUT2D eigenvalue weighted by molar-refractivity contribution is 0.481. The van der Waals surface area contributed by atoms with Gasteiger partial charge in [0, 0.05) is 0 Å². The Bertz CT molecular complexity index is 341. The zero-order valence-electron chi connectivity index (χ0n) is 10.6. The molecule has 0 heterocycles. The van der Waals surface area contributed by atoms with Gasteiger partial charge in [-0.1, -0.05) is 19.9 Å². The lowest BCUT2D eigenvalue weighted by Crippen LogP contribution is -2.22. The predicted molar refractivity (Wildman–Crippen MR) is 74.7 cm³/mol. The van der Waals surface area contributed by atoms with Gasteiger partial charge in [-0.25, -0.2) is 4.39 Å². The minimum atomic E-state index is -0.189. The number of hydrogen-bond donors (Lipinski definition) is 1. The summed E-state index contributed by atoms with van der Waals surface area (Å²) in [6.07, 6.45) is 3.32. The van der Waals surface area contributed by atoms with Gasteiger partial charge in [-0.2, -0.15) is 0 Å². The molecule has 0 aliphatic heterocycles. The van der Waals surface area contributed by atoms with Crippen molar-refractivity contribution in [1.82, 2.24) is 5.32 Å². The second kappa shape index (κ2) is 7.83. The molecule has 17 heavy (non-hydrogen) atoms. The number of benzene rings is 1. The fourth-order valence-corrected chi connectivity index (χ4v) is 2.16. The number of aryl methyl sites for hydroxylation is 1. The monoisotopic (exact) mass is 301 g/mol. The van der Waals surface area contributed by atoms with Gasteiger partial charge in [0.05, 0.1) is 4.47 Å². The number of halogens is 2. The Morgan fingerprint density at radius 2 is 2.18 bits per heavy atom. The van der Waals surface area contributed by atoms with Crippen molar-refractivity contribution in [2.24, 2.45) is 5.92 Å². The van der Waals surface area contributed by atoms with Crippen molar-refractivity contribution in [3.05, 3.63) is 34.1 Å². The van der Waals surface area contributed by atoms with Gasteiger partial charge in [0.15, 0.2) is 0 Å². The minimum Gasteiger partial charge on any atom is -0.316 e. The Morgan fingerprint density at radius 3 is 2.82 bits per heavy atom. The summed E-state index contributed by atoms with van der Waals surface area (Å²) in [5.74, 6) is 0.469. The van der Waals surface area contributed by atoms with Crippen LogP contribution in [0.3, 0.4) is 0 Å². The molecule has 1 rings (SSSR count). The molecule has 0 spiro atoms. The van der Waals surface area contributed by atoms with Gasteiger partial charge in [-0.15, -0.1) is 0 Å². The first kappa shape index (κ1) is 14.7. The maximum Gasteiger partial charge on any atom is 0.137 e. The van der Waals surface area contributed by atoms with Crippen LogP contribution < -0.4 is 5.32 Å². The van der Waals surface area contributed by atoms with E-state index in [-0.39, 0.29) is 5.82 Å². The topological polar surface area (TPSA) is 12.0 Å². The normalized spacial score (nSPS) is 12.7. The fourth-order valence-electron chi connectivity index (χ4n) is 1.74. The van der Waals surface area contributed by atoms with E-state index in [0.717, 1.165) is 25.9 Å². The average Bonchev–Trinajstić information content (AvgIpc) is 2.31. The molecule has 0 radical (unpaired) electrons. The van der Waals surface area contributed by atoms with Crippen LogP contribution in [0, 0.1) is 11.7 Å². The maximum atomic E-state index is 13.0. The summed E-state index contributed by atoms with van der Waals surface area (Å²) >= 11 is 3.22. The Balaban J connectivity index is 2.31. The van der Waals surface area contributed by atoms with Crippen LogP contribution in [0.15, 0.2) is 22.7 Å². The summed E-state index contributed by atoms with van der Waals surface area (Å²) < 4.78 is 13.6. The predicted octanol–water partition coefficient (Wildman–Crippen LogP) is 4.16. The van der Waals surface area contributed by atoms with Crippen molar-refractivity contribution in [2.45, 2.75) is 33.1 Å². The van der Waals surface area contributed by atoms with Crippen molar-refractivity contribution < 1.29 is 4.39 Å². The van der Waals surface area contributed by atoms with Crippen LogP contribution in [-0.2, 0) is 6.42 Å². The summed E-state index contributed by atoms with van der Waals surface area (Å²) in [5, 5.41) is 3.42. The molecule has 0 aromatic heterocycles. The van der Waals surface area contributed by atoms with E-state index in [2.05, 4.69) is 35.1 Å². The molecule has 1 atom stereocenters. The van der Waals surface area contributed by atoms with Gasteiger partial charge >= 0.3 is 0 Å². The van der Waals surface area contributed by atoms with Crippen molar-refractivity contribution in [2.75, 3.05) is 13.1 Å². The van der Waals surface area contributed by atoms with E-state index >= 15 is 0 Å².